The molecule has 0 spiro atoms. The minimum Gasteiger partial charge on any atom is -0.497 e. The average Bonchev–Trinajstić information content (AvgIpc) is 3.28. The van der Waals surface area contributed by atoms with E-state index in [1.807, 2.05) is 12.1 Å². The van der Waals surface area contributed by atoms with E-state index in [1.165, 1.54) is 28.9 Å². The Bertz CT molecular complexity index is 852. The highest BCUT2D eigenvalue weighted by atomic mass is 16.5. The van der Waals surface area contributed by atoms with Crippen molar-refractivity contribution in [1.29, 1.82) is 0 Å². The fourth-order valence-corrected chi connectivity index (χ4v) is 5.37. The van der Waals surface area contributed by atoms with Crippen molar-refractivity contribution in [2.24, 2.45) is 11.8 Å². The predicted octanol–water partition coefficient (Wildman–Crippen LogP) is 3.43. The second kappa shape index (κ2) is 6.83. The summed E-state index contributed by atoms with van der Waals surface area (Å²) in [5, 5.41) is 0. The zero-order valence-electron chi connectivity index (χ0n) is 16.1. The van der Waals surface area contributed by atoms with E-state index < -0.39 is 0 Å². The Labute approximate surface area is 160 Å². The van der Waals surface area contributed by atoms with E-state index in [1.54, 1.807) is 7.11 Å². The molecule has 0 radical (unpaired) electrons. The molecule has 2 atom stereocenters. The van der Waals surface area contributed by atoms with Crippen LogP contribution in [0.15, 0.2) is 24.3 Å². The van der Waals surface area contributed by atoms with Gasteiger partial charge in [0.05, 0.1) is 7.11 Å². The number of aryl methyl sites for hydroxylation is 1. The van der Waals surface area contributed by atoms with Gasteiger partial charge in [0.1, 0.15) is 5.75 Å². The van der Waals surface area contributed by atoms with Crippen LogP contribution in [0.4, 0.5) is 0 Å². The Balaban J connectivity index is 1.27. The number of hydrogen-bond donors (Lipinski definition) is 1. The second-order valence-electron chi connectivity index (χ2n) is 8.41. The van der Waals surface area contributed by atoms with E-state index in [2.05, 4.69) is 22.0 Å². The predicted molar refractivity (Wildman–Crippen MR) is 106 cm³/mol. The first-order valence-electron chi connectivity index (χ1n) is 10.3. The fourth-order valence-electron chi connectivity index (χ4n) is 5.37. The number of hydrogen-bond acceptors (Lipinski definition) is 3. The standard InChI is InChI=1S/C23H28N2O2/c1-27-17-7-5-15(6-8-17)9-11-25-12-10-16-13-21-22(23(26)19(16)14-25)18-3-2-4-20(18)24-21/h5-8,16,19,24H,2-4,9-14H2,1H3/t16-,19+/m0/s1. The van der Waals surface area contributed by atoms with Gasteiger partial charge in [-0.1, -0.05) is 12.1 Å². The summed E-state index contributed by atoms with van der Waals surface area (Å²) < 4.78 is 5.24. The molecule has 4 nitrogen and oxygen atoms in total. The van der Waals surface area contributed by atoms with Gasteiger partial charge in [-0.15, -0.1) is 0 Å². The van der Waals surface area contributed by atoms with Gasteiger partial charge in [0.2, 0.25) is 0 Å². The third kappa shape index (κ3) is 3.00. The van der Waals surface area contributed by atoms with Gasteiger partial charge < -0.3 is 14.6 Å². The average molecular weight is 364 g/mol. The first-order valence-corrected chi connectivity index (χ1v) is 10.3. The number of nitrogens with one attached hydrogen (secondary N) is 1. The summed E-state index contributed by atoms with van der Waals surface area (Å²) in [6, 6.07) is 8.35. The summed E-state index contributed by atoms with van der Waals surface area (Å²) in [5.41, 5.74) is 6.36. The van der Waals surface area contributed by atoms with Crippen molar-refractivity contribution in [3.05, 3.63) is 52.3 Å². The highest BCUT2D eigenvalue weighted by molar-refractivity contribution is 6.02. The SMILES string of the molecule is COc1ccc(CCN2CC[C@H]3Cc4[nH]c5c(c4C(=O)[C@@H]3C2)CCC5)cc1. The number of carbonyl (C=O) groups is 1. The van der Waals surface area contributed by atoms with Gasteiger partial charge in [-0.05, 0) is 74.2 Å². The second-order valence-corrected chi connectivity index (χ2v) is 8.41. The number of benzene rings is 1. The summed E-state index contributed by atoms with van der Waals surface area (Å²) in [7, 11) is 1.70. The molecule has 1 aromatic heterocycles. The van der Waals surface area contributed by atoms with Crippen molar-refractivity contribution in [1.82, 2.24) is 9.88 Å². The van der Waals surface area contributed by atoms with Crippen LogP contribution >= 0.6 is 0 Å². The first-order chi connectivity index (χ1) is 13.2. The maximum absolute atomic E-state index is 13.3. The number of aromatic amines is 1. The van der Waals surface area contributed by atoms with Crippen LogP contribution in [-0.4, -0.2) is 42.4 Å². The number of H-pyrrole nitrogens is 1. The molecule has 0 amide bonds. The number of methoxy groups -OCH3 is 1. The fraction of sp³-hybridized carbons (Fsp3) is 0.522. The highest BCUT2D eigenvalue weighted by Crippen LogP contribution is 2.40. The zero-order chi connectivity index (χ0) is 18.4. The Morgan fingerprint density at radius 2 is 2.04 bits per heavy atom. The van der Waals surface area contributed by atoms with Gasteiger partial charge in [0, 0.05) is 36.0 Å². The van der Waals surface area contributed by atoms with Crippen LogP contribution in [0, 0.1) is 11.8 Å². The molecule has 0 saturated carbocycles. The van der Waals surface area contributed by atoms with Crippen LogP contribution in [0.2, 0.25) is 0 Å². The smallest absolute Gasteiger partial charge is 0.169 e. The molecule has 0 unspecified atom stereocenters. The van der Waals surface area contributed by atoms with Gasteiger partial charge in [0.15, 0.2) is 5.78 Å². The van der Waals surface area contributed by atoms with Gasteiger partial charge >= 0.3 is 0 Å². The summed E-state index contributed by atoms with van der Waals surface area (Å²) in [4.78, 5) is 19.4. The lowest BCUT2D eigenvalue weighted by molar-refractivity contribution is 0.0662. The quantitative estimate of drug-likeness (QED) is 0.904. The molecule has 2 heterocycles. The molecule has 1 fully saturated rings. The Morgan fingerprint density at radius 1 is 1.19 bits per heavy atom. The summed E-state index contributed by atoms with van der Waals surface area (Å²) in [5.74, 6) is 2.06. The minimum atomic E-state index is 0.197. The molecule has 2 aromatic rings. The molecule has 3 aliphatic rings. The summed E-state index contributed by atoms with van der Waals surface area (Å²) in [6.45, 7) is 3.07. The van der Waals surface area contributed by atoms with E-state index in [4.69, 9.17) is 4.74 Å². The number of ketones is 1. The number of Topliss-reactive ketones (excluding diaryl/α,β-unsaturated/α-hetero) is 1. The van der Waals surface area contributed by atoms with Crippen molar-refractivity contribution in [3.63, 3.8) is 0 Å². The number of ether oxygens (including phenoxy) is 1. The van der Waals surface area contributed by atoms with Crippen molar-refractivity contribution in [2.45, 2.75) is 38.5 Å². The zero-order valence-corrected chi connectivity index (χ0v) is 16.1. The van der Waals surface area contributed by atoms with E-state index in [0.29, 0.717) is 11.7 Å². The molecule has 27 heavy (non-hydrogen) atoms. The van der Waals surface area contributed by atoms with Gasteiger partial charge in [-0.2, -0.15) is 0 Å². The monoisotopic (exact) mass is 364 g/mol. The molecular weight excluding hydrogens is 336 g/mol. The van der Waals surface area contributed by atoms with Gasteiger partial charge in [-0.3, -0.25) is 4.79 Å². The molecule has 142 valence electrons. The topological polar surface area (TPSA) is 45.3 Å². The van der Waals surface area contributed by atoms with Crippen LogP contribution in [0.25, 0.3) is 0 Å². The number of fused-ring (bicyclic) bond motifs is 4. The molecular formula is C23H28N2O2. The van der Waals surface area contributed by atoms with Crippen molar-refractivity contribution in [2.75, 3.05) is 26.7 Å². The van der Waals surface area contributed by atoms with Gasteiger partial charge in [-0.25, -0.2) is 0 Å². The molecule has 5 rings (SSSR count). The van der Waals surface area contributed by atoms with Crippen molar-refractivity contribution >= 4 is 5.78 Å². The Morgan fingerprint density at radius 3 is 2.85 bits per heavy atom. The third-order valence-electron chi connectivity index (χ3n) is 6.89. The number of nitrogens with zero attached hydrogens (tertiary/aromatic N) is 1. The lowest BCUT2D eigenvalue weighted by Gasteiger charge is -2.40. The lowest BCUT2D eigenvalue weighted by atomic mass is 9.72. The number of piperidine rings is 1. The maximum Gasteiger partial charge on any atom is 0.169 e. The van der Waals surface area contributed by atoms with Crippen LogP contribution < -0.4 is 4.74 Å². The normalized spacial score (nSPS) is 24.4. The molecule has 1 N–H and O–H groups in total. The Hall–Kier alpha value is -2.07. The van der Waals surface area contributed by atoms with Gasteiger partial charge in [0.25, 0.3) is 0 Å². The van der Waals surface area contributed by atoms with Crippen LogP contribution in [0.3, 0.4) is 0 Å². The maximum atomic E-state index is 13.3. The van der Waals surface area contributed by atoms with Crippen LogP contribution in [0.5, 0.6) is 5.75 Å². The minimum absolute atomic E-state index is 0.197. The Kier molecular flexibility index (Phi) is 4.31. The third-order valence-corrected chi connectivity index (χ3v) is 6.89. The first kappa shape index (κ1) is 17.1. The van der Waals surface area contributed by atoms with E-state index in [0.717, 1.165) is 63.1 Å². The van der Waals surface area contributed by atoms with E-state index in [9.17, 15) is 4.79 Å². The number of likely N-dealkylation sites (tertiary alicyclic amines) is 1. The molecule has 4 heteroatoms. The van der Waals surface area contributed by atoms with Crippen LogP contribution in [-0.2, 0) is 25.7 Å². The number of carbonyl (C=O) groups excluding carboxylic acids is 1. The lowest BCUT2D eigenvalue weighted by Crippen LogP contribution is -2.47. The van der Waals surface area contributed by atoms with Crippen molar-refractivity contribution < 1.29 is 9.53 Å². The molecule has 1 aliphatic heterocycles. The molecule has 2 aliphatic carbocycles. The largest absolute Gasteiger partial charge is 0.497 e. The molecule has 1 saturated heterocycles. The van der Waals surface area contributed by atoms with E-state index >= 15 is 0 Å². The summed E-state index contributed by atoms with van der Waals surface area (Å²) >= 11 is 0. The highest BCUT2D eigenvalue weighted by Gasteiger charge is 2.42. The summed E-state index contributed by atoms with van der Waals surface area (Å²) in [6.07, 6.45) is 6.65. The molecule has 0 bridgehead atoms. The number of rotatable bonds is 4. The van der Waals surface area contributed by atoms with E-state index in [-0.39, 0.29) is 5.92 Å². The number of aromatic nitrogens is 1. The van der Waals surface area contributed by atoms with Crippen molar-refractivity contribution in [3.8, 4) is 5.75 Å². The van der Waals surface area contributed by atoms with Crippen LogP contribution in [0.1, 0.15) is 45.7 Å². The molecule has 1 aromatic carbocycles.